The zero-order valence-corrected chi connectivity index (χ0v) is 38.2. The van der Waals surface area contributed by atoms with Gasteiger partial charge in [-0.2, -0.15) is 10.5 Å². The minimum Gasteiger partial charge on any atom is -0.307 e. The van der Waals surface area contributed by atoms with E-state index in [2.05, 4.69) is 190 Å². The summed E-state index contributed by atoms with van der Waals surface area (Å²) in [5.41, 5.74) is 18.8. The number of nitrogens with zero attached hydrogens (tertiary/aromatic N) is 4. The van der Waals surface area contributed by atoms with Gasteiger partial charge in [-0.15, -0.1) is 0 Å². The maximum Gasteiger partial charge on any atom is 0.102 e. The average Bonchev–Trinajstić information content (AvgIpc) is 3.99. The van der Waals surface area contributed by atoms with Crippen LogP contribution in [0.3, 0.4) is 0 Å². The summed E-state index contributed by atoms with van der Waals surface area (Å²) < 4.78 is 4.57. The molecule has 0 aliphatic heterocycles. The van der Waals surface area contributed by atoms with Crippen LogP contribution in [0.15, 0.2) is 188 Å². The molecule has 0 spiro atoms. The van der Waals surface area contributed by atoms with Gasteiger partial charge in [-0.05, 0) is 93.4 Å². The number of benzene rings is 8. The molecule has 0 fully saturated rings. The van der Waals surface area contributed by atoms with Crippen molar-refractivity contribution in [1.29, 1.82) is 10.5 Å². The Morgan fingerprint density at radius 3 is 1.46 bits per heavy atom. The van der Waals surface area contributed by atoms with Crippen molar-refractivity contribution in [2.24, 2.45) is 0 Å². The molecule has 2 aromatic heterocycles. The lowest BCUT2D eigenvalue weighted by Crippen LogP contribution is -2.16. The molecule has 2 aliphatic carbocycles. The SMILES string of the molecule is C=C/C=C\C1=C(C)C(C)(C)c2cc3c(cc21)c1ccccc1n3-c1c(C#N)c(-c2ccccc2)c(-n2c3ccccc3c3cc4c(cc32)C(C)(C)c2ccccc2-4)c(C#N)c1-c1ccccc1. The number of hydrogen-bond acceptors (Lipinski definition) is 2. The van der Waals surface area contributed by atoms with Gasteiger partial charge in [0, 0.05) is 43.5 Å². The number of hydrogen-bond donors (Lipinski definition) is 0. The smallest absolute Gasteiger partial charge is 0.102 e. The summed E-state index contributed by atoms with van der Waals surface area (Å²) in [6, 6.07) is 61.2. The number of allylic oxidation sites excluding steroid dienone is 5. The second-order valence-corrected chi connectivity index (χ2v) is 19.1. The lowest BCUT2D eigenvalue weighted by atomic mass is 9.81. The van der Waals surface area contributed by atoms with E-state index in [-0.39, 0.29) is 10.8 Å². The molecule has 318 valence electrons. The van der Waals surface area contributed by atoms with Gasteiger partial charge in [0.2, 0.25) is 0 Å². The average molecular weight is 859 g/mol. The van der Waals surface area contributed by atoms with E-state index in [9.17, 15) is 10.5 Å². The van der Waals surface area contributed by atoms with E-state index in [0.717, 1.165) is 54.7 Å². The van der Waals surface area contributed by atoms with Crippen LogP contribution in [-0.4, -0.2) is 9.13 Å². The lowest BCUT2D eigenvalue weighted by molar-refractivity contribution is 0.640. The summed E-state index contributed by atoms with van der Waals surface area (Å²) in [6.45, 7) is 15.4. The molecule has 0 saturated heterocycles. The van der Waals surface area contributed by atoms with Gasteiger partial charge in [0.25, 0.3) is 0 Å². The Bertz CT molecular complexity index is 3950. The molecule has 0 unspecified atom stereocenters. The fraction of sp³-hybridized carbons (Fsp3) is 0.111. The zero-order valence-electron chi connectivity index (χ0n) is 38.2. The largest absolute Gasteiger partial charge is 0.307 e. The first-order valence-electron chi connectivity index (χ1n) is 23.0. The third kappa shape index (κ3) is 5.45. The Kier molecular flexibility index (Phi) is 8.70. The Morgan fingerprint density at radius 2 is 0.940 bits per heavy atom. The standard InChI is InChI=1S/C63H46N4/c1-7-8-25-41-38(2)62(3,4)52-34-56-47(32-45(41)52)43-27-16-19-30-54(43)66(56)60-49(36-64)59(40-23-13-10-14-24-40)61(50(37-65)58(60)39-21-11-9-12-22-39)67-55-31-20-17-28-44(55)48-33-46-42-26-15-18-29-51(42)63(5,6)53(46)35-57(48)67/h7-35H,1H2,2-6H3/b25-8-. The highest BCUT2D eigenvalue weighted by atomic mass is 15.0. The van der Waals surface area contributed by atoms with Crippen LogP contribution in [-0.2, 0) is 10.8 Å². The van der Waals surface area contributed by atoms with E-state index in [1.807, 2.05) is 48.6 Å². The van der Waals surface area contributed by atoms with Crippen LogP contribution in [0.25, 0.3) is 93.9 Å². The highest BCUT2D eigenvalue weighted by Crippen LogP contribution is 2.54. The van der Waals surface area contributed by atoms with Gasteiger partial charge in [-0.1, -0.05) is 179 Å². The van der Waals surface area contributed by atoms with Gasteiger partial charge in [0.1, 0.15) is 12.1 Å². The Labute approximate surface area is 390 Å². The van der Waals surface area contributed by atoms with E-state index >= 15 is 0 Å². The molecule has 0 saturated carbocycles. The molecule has 67 heavy (non-hydrogen) atoms. The molecular weight excluding hydrogens is 813 g/mol. The minimum atomic E-state index is -0.268. The predicted molar refractivity (Wildman–Crippen MR) is 278 cm³/mol. The Morgan fingerprint density at radius 1 is 0.478 bits per heavy atom. The molecule has 10 aromatic rings. The van der Waals surface area contributed by atoms with Crippen LogP contribution >= 0.6 is 0 Å². The van der Waals surface area contributed by atoms with Crippen LogP contribution < -0.4 is 0 Å². The van der Waals surface area contributed by atoms with E-state index in [1.165, 1.54) is 44.5 Å². The summed E-state index contributed by atoms with van der Waals surface area (Å²) in [4.78, 5) is 0. The van der Waals surface area contributed by atoms with Crippen molar-refractivity contribution in [3.05, 3.63) is 221 Å². The Hall–Kier alpha value is -8.44. The highest BCUT2D eigenvalue weighted by Gasteiger charge is 2.39. The maximum absolute atomic E-state index is 12.1. The normalized spacial score (nSPS) is 14.5. The monoisotopic (exact) mass is 858 g/mol. The van der Waals surface area contributed by atoms with Crippen molar-refractivity contribution < 1.29 is 0 Å². The first-order chi connectivity index (χ1) is 32.6. The highest BCUT2D eigenvalue weighted by molar-refractivity contribution is 6.15. The van der Waals surface area contributed by atoms with Gasteiger partial charge in [-0.3, -0.25) is 0 Å². The fourth-order valence-corrected chi connectivity index (χ4v) is 11.7. The summed E-state index contributed by atoms with van der Waals surface area (Å²) >= 11 is 0. The first-order valence-corrected chi connectivity index (χ1v) is 23.0. The summed E-state index contributed by atoms with van der Waals surface area (Å²) in [5, 5.41) is 28.5. The second-order valence-electron chi connectivity index (χ2n) is 19.1. The summed E-state index contributed by atoms with van der Waals surface area (Å²) in [7, 11) is 0. The van der Waals surface area contributed by atoms with Crippen molar-refractivity contribution in [2.45, 2.75) is 45.4 Å². The van der Waals surface area contributed by atoms with Crippen LogP contribution in [0.2, 0.25) is 0 Å². The molecule has 0 N–H and O–H groups in total. The van der Waals surface area contributed by atoms with Crippen molar-refractivity contribution in [1.82, 2.24) is 9.13 Å². The van der Waals surface area contributed by atoms with Crippen molar-refractivity contribution in [3.63, 3.8) is 0 Å². The van der Waals surface area contributed by atoms with Crippen molar-refractivity contribution in [2.75, 3.05) is 0 Å². The first kappa shape index (κ1) is 40.1. The van der Waals surface area contributed by atoms with Gasteiger partial charge in [0.15, 0.2) is 0 Å². The molecule has 0 bridgehead atoms. The van der Waals surface area contributed by atoms with E-state index in [0.29, 0.717) is 33.6 Å². The molecule has 12 rings (SSSR count). The molecule has 2 heterocycles. The molecule has 8 aromatic carbocycles. The molecular formula is C63H46N4. The summed E-state index contributed by atoms with van der Waals surface area (Å²) in [6.07, 6.45) is 6.02. The number of nitriles is 2. The van der Waals surface area contributed by atoms with Gasteiger partial charge in [-0.25, -0.2) is 0 Å². The number of rotatable bonds is 6. The third-order valence-corrected chi connectivity index (χ3v) is 15.1. The molecule has 0 atom stereocenters. The van der Waals surface area contributed by atoms with Crippen LogP contribution in [0.4, 0.5) is 0 Å². The van der Waals surface area contributed by atoms with Gasteiger partial charge >= 0.3 is 0 Å². The number of para-hydroxylation sites is 2. The van der Waals surface area contributed by atoms with Gasteiger partial charge < -0.3 is 9.13 Å². The fourth-order valence-electron chi connectivity index (χ4n) is 11.7. The maximum atomic E-state index is 12.1. The topological polar surface area (TPSA) is 57.4 Å². The molecule has 4 nitrogen and oxygen atoms in total. The molecule has 2 aliphatic rings. The zero-order chi connectivity index (χ0) is 45.9. The van der Waals surface area contributed by atoms with E-state index in [4.69, 9.17) is 0 Å². The van der Waals surface area contributed by atoms with Gasteiger partial charge in [0.05, 0.1) is 44.6 Å². The van der Waals surface area contributed by atoms with Crippen LogP contribution in [0, 0.1) is 22.7 Å². The quantitative estimate of drug-likeness (QED) is 0.156. The molecule has 4 heteroatoms. The number of fused-ring (bicyclic) bond motifs is 10. The number of aromatic nitrogens is 2. The predicted octanol–water partition coefficient (Wildman–Crippen LogP) is 16.1. The van der Waals surface area contributed by atoms with E-state index < -0.39 is 0 Å². The van der Waals surface area contributed by atoms with E-state index in [1.54, 1.807) is 0 Å². The minimum absolute atomic E-state index is 0.263. The second kappa shape index (κ2) is 14.5. The lowest BCUT2D eigenvalue weighted by Gasteiger charge is -2.26. The Balaban J connectivity index is 1.29. The molecule has 0 radical (unpaired) electrons. The summed E-state index contributed by atoms with van der Waals surface area (Å²) in [5.74, 6) is 0. The third-order valence-electron chi connectivity index (χ3n) is 15.1. The van der Waals surface area contributed by atoms with Crippen molar-refractivity contribution in [3.8, 4) is 56.9 Å². The van der Waals surface area contributed by atoms with Crippen LogP contribution in [0.5, 0.6) is 0 Å². The molecule has 0 amide bonds. The van der Waals surface area contributed by atoms with Crippen molar-refractivity contribution >= 4 is 49.2 Å². The van der Waals surface area contributed by atoms with Crippen LogP contribution in [0.1, 0.15) is 68.0 Å².